The van der Waals surface area contributed by atoms with Crippen LogP contribution in [0.25, 0.3) is 0 Å². The number of nitrogen functional groups attached to an aromatic ring is 1. The number of para-hydroxylation sites is 2. The number of amides is 1. The highest BCUT2D eigenvalue weighted by molar-refractivity contribution is 5.94. The van der Waals surface area contributed by atoms with Crippen molar-refractivity contribution in [3.8, 4) is 5.75 Å². The number of nitrogens with two attached hydrogens (primary N) is 1. The molecule has 4 rings (SSSR count). The van der Waals surface area contributed by atoms with Crippen LogP contribution in [0.15, 0.2) is 60.7 Å². The lowest BCUT2D eigenvalue weighted by Crippen LogP contribution is -2.35. The number of ether oxygens (including phenoxy) is 1. The van der Waals surface area contributed by atoms with Crippen LogP contribution in [-0.2, 0) is 12.8 Å². The van der Waals surface area contributed by atoms with Gasteiger partial charge in [-0.1, -0.05) is 36.4 Å². The summed E-state index contributed by atoms with van der Waals surface area (Å²) in [6.07, 6.45) is 1.66. The molecular formula is C22H22N4O2. The third-order valence-electron chi connectivity index (χ3n) is 4.84. The molecule has 4 N–H and O–H groups in total. The molecule has 142 valence electrons. The van der Waals surface area contributed by atoms with Crippen LogP contribution in [0.2, 0.25) is 0 Å². The molecule has 3 aromatic rings. The number of nitrogens with one attached hydrogen (secondary N) is 2. The van der Waals surface area contributed by atoms with Crippen molar-refractivity contribution in [3.63, 3.8) is 0 Å². The van der Waals surface area contributed by atoms with Crippen LogP contribution in [-0.4, -0.2) is 24.0 Å². The monoisotopic (exact) mass is 374 g/mol. The first-order valence-electron chi connectivity index (χ1n) is 9.17. The Morgan fingerprint density at radius 2 is 1.75 bits per heavy atom. The predicted molar refractivity (Wildman–Crippen MR) is 110 cm³/mol. The van der Waals surface area contributed by atoms with Crippen molar-refractivity contribution in [2.45, 2.75) is 18.9 Å². The van der Waals surface area contributed by atoms with Gasteiger partial charge in [-0.15, -0.1) is 0 Å². The first kappa shape index (κ1) is 17.9. The predicted octanol–water partition coefficient (Wildman–Crippen LogP) is 3.31. The van der Waals surface area contributed by atoms with Crippen LogP contribution in [0, 0.1) is 0 Å². The Hall–Kier alpha value is -3.54. The maximum Gasteiger partial charge on any atom is 0.270 e. The van der Waals surface area contributed by atoms with E-state index in [1.165, 1.54) is 11.1 Å². The Balaban J connectivity index is 1.50. The molecule has 6 heteroatoms. The fourth-order valence-corrected chi connectivity index (χ4v) is 3.54. The molecule has 6 nitrogen and oxygen atoms in total. The summed E-state index contributed by atoms with van der Waals surface area (Å²) < 4.78 is 5.34. The molecule has 0 saturated carbocycles. The van der Waals surface area contributed by atoms with Crippen molar-refractivity contribution in [1.29, 1.82) is 0 Å². The Labute approximate surface area is 163 Å². The van der Waals surface area contributed by atoms with E-state index in [9.17, 15) is 4.79 Å². The molecule has 1 aromatic heterocycles. The molecule has 0 radical (unpaired) electrons. The summed E-state index contributed by atoms with van der Waals surface area (Å²) in [5.74, 6) is 0.944. The summed E-state index contributed by atoms with van der Waals surface area (Å²) in [5, 5.41) is 6.24. The van der Waals surface area contributed by atoms with E-state index in [4.69, 9.17) is 10.5 Å². The lowest BCUT2D eigenvalue weighted by molar-refractivity contribution is 0.0933. The van der Waals surface area contributed by atoms with E-state index in [0.717, 1.165) is 18.5 Å². The minimum absolute atomic E-state index is 0.0683. The summed E-state index contributed by atoms with van der Waals surface area (Å²) in [5.41, 5.74) is 10.1. The second-order valence-corrected chi connectivity index (χ2v) is 6.84. The van der Waals surface area contributed by atoms with Gasteiger partial charge < -0.3 is 21.1 Å². The number of anilines is 3. The van der Waals surface area contributed by atoms with Gasteiger partial charge in [0.1, 0.15) is 17.3 Å². The fourth-order valence-electron chi connectivity index (χ4n) is 3.54. The molecule has 0 fully saturated rings. The van der Waals surface area contributed by atoms with E-state index in [-0.39, 0.29) is 17.6 Å². The lowest BCUT2D eigenvalue weighted by atomic mass is 10.1. The smallest absolute Gasteiger partial charge is 0.270 e. The van der Waals surface area contributed by atoms with Crippen LogP contribution in [0.3, 0.4) is 0 Å². The number of methoxy groups -OCH3 is 1. The molecule has 1 amide bonds. The second kappa shape index (κ2) is 7.60. The van der Waals surface area contributed by atoms with Crippen molar-refractivity contribution < 1.29 is 9.53 Å². The largest absolute Gasteiger partial charge is 0.495 e. The number of carbonyl (C=O) groups excluding carboxylic acids is 1. The molecule has 0 spiro atoms. The highest BCUT2D eigenvalue weighted by atomic mass is 16.5. The number of pyridine rings is 1. The number of rotatable bonds is 5. The zero-order chi connectivity index (χ0) is 19.5. The van der Waals surface area contributed by atoms with E-state index in [2.05, 4.69) is 27.8 Å². The molecule has 0 atom stereocenters. The molecule has 0 bridgehead atoms. The quantitative estimate of drug-likeness (QED) is 0.638. The Bertz CT molecular complexity index is 994. The maximum atomic E-state index is 12.8. The van der Waals surface area contributed by atoms with Gasteiger partial charge in [-0.3, -0.25) is 4.79 Å². The van der Waals surface area contributed by atoms with Crippen molar-refractivity contribution in [2.75, 3.05) is 18.2 Å². The number of hydrogen-bond acceptors (Lipinski definition) is 5. The van der Waals surface area contributed by atoms with Crippen molar-refractivity contribution >= 4 is 23.1 Å². The SMILES string of the molecule is COc1ccccc1Nc1cc(N)cc(C(=O)NC2Cc3ccccc3C2)n1. The average molecular weight is 374 g/mol. The Morgan fingerprint density at radius 1 is 1.07 bits per heavy atom. The summed E-state index contributed by atoms with van der Waals surface area (Å²) >= 11 is 0. The maximum absolute atomic E-state index is 12.8. The summed E-state index contributed by atoms with van der Waals surface area (Å²) in [4.78, 5) is 17.2. The molecule has 1 heterocycles. The normalized spacial score (nSPS) is 13.0. The second-order valence-electron chi connectivity index (χ2n) is 6.84. The Kier molecular flexibility index (Phi) is 4.85. The van der Waals surface area contributed by atoms with E-state index in [0.29, 0.717) is 17.3 Å². The first-order valence-corrected chi connectivity index (χ1v) is 9.17. The highest BCUT2D eigenvalue weighted by Crippen LogP contribution is 2.27. The van der Waals surface area contributed by atoms with Gasteiger partial charge in [0.05, 0.1) is 12.8 Å². The highest BCUT2D eigenvalue weighted by Gasteiger charge is 2.23. The first-order chi connectivity index (χ1) is 13.6. The minimum Gasteiger partial charge on any atom is -0.495 e. The van der Waals surface area contributed by atoms with Gasteiger partial charge in [-0.05, 0) is 42.2 Å². The van der Waals surface area contributed by atoms with E-state index < -0.39 is 0 Å². The van der Waals surface area contributed by atoms with Gasteiger partial charge in [0.2, 0.25) is 0 Å². The zero-order valence-corrected chi connectivity index (χ0v) is 15.6. The van der Waals surface area contributed by atoms with Gasteiger partial charge in [0.25, 0.3) is 5.91 Å². The van der Waals surface area contributed by atoms with Gasteiger partial charge >= 0.3 is 0 Å². The van der Waals surface area contributed by atoms with E-state index in [1.807, 2.05) is 36.4 Å². The third-order valence-corrected chi connectivity index (χ3v) is 4.84. The van der Waals surface area contributed by atoms with Gasteiger partial charge in [0, 0.05) is 17.8 Å². The van der Waals surface area contributed by atoms with Crippen LogP contribution >= 0.6 is 0 Å². The number of aromatic nitrogens is 1. The number of carbonyl (C=O) groups is 1. The van der Waals surface area contributed by atoms with Gasteiger partial charge in [0.15, 0.2) is 0 Å². The topological polar surface area (TPSA) is 89.3 Å². The number of benzene rings is 2. The summed E-state index contributed by atoms with van der Waals surface area (Å²) in [6, 6.07) is 19.1. The van der Waals surface area contributed by atoms with Gasteiger partial charge in [-0.2, -0.15) is 0 Å². The van der Waals surface area contributed by atoms with Crippen LogP contribution < -0.4 is 21.1 Å². The average Bonchev–Trinajstić information content (AvgIpc) is 3.10. The molecule has 0 aliphatic heterocycles. The number of nitrogens with zero attached hydrogens (tertiary/aromatic N) is 1. The third kappa shape index (κ3) is 3.76. The number of hydrogen-bond donors (Lipinski definition) is 3. The zero-order valence-electron chi connectivity index (χ0n) is 15.6. The molecule has 1 aliphatic rings. The molecule has 2 aromatic carbocycles. The van der Waals surface area contributed by atoms with Crippen molar-refractivity contribution in [1.82, 2.24) is 10.3 Å². The molecule has 0 saturated heterocycles. The van der Waals surface area contributed by atoms with Crippen LogP contribution in [0.4, 0.5) is 17.2 Å². The van der Waals surface area contributed by atoms with Gasteiger partial charge in [-0.25, -0.2) is 4.98 Å². The molecule has 1 aliphatic carbocycles. The molecular weight excluding hydrogens is 352 g/mol. The number of fused-ring (bicyclic) bond motifs is 1. The van der Waals surface area contributed by atoms with Crippen molar-refractivity contribution in [3.05, 3.63) is 77.5 Å². The van der Waals surface area contributed by atoms with Crippen LogP contribution in [0.5, 0.6) is 5.75 Å². The van der Waals surface area contributed by atoms with Crippen molar-refractivity contribution in [2.24, 2.45) is 0 Å². The Morgan fingerprint density at radius 3 is 2.46 bits per heavy atom. The summed E-state index contributed by atoms with van der Waals surface area (Å²) in [7, 11) is 1.60. The standard InChI is InChI=1S/C22H22N4O2/c1-28-20-9-5-4-8-18(20)25-21-13-16(23)12-19(26-21)22(27)24-17-10-14-6-2-3-7-15(14)11-17/h2-9,12-13,17H,10-11H2,1H3,(H,24,27)(H3,23,25,26). The van der Waals surface area contributed by atoms with E-state index in [1.54, 1.807) is 19.2 Å². The lowest BCUT2D eigenvalue weighted by Gasteiger charge is -2.14. The van der Waals surface area contributed by atoms with Crippen LogP contribution in [0.1, 0.15) is 21.6 Å². The summed E-state index contributed by atoms with van der Waals surface area (Å²) in [6.45, 7) is 0. The molecule has 0 unspecified atom stereocenters. The minimum atomic E-state index is -0.229. The molecule has 28 heavy (non-hydrogen) atoms. The van der Waals surface area contributed by atoms with E-state index >= 15 is 0 Å². The fraction of sp³-hybridized carbons (Fsp3) is 0.182.